The van der Waals surface area contributed by atoms with E-state index in [1.165, 1.54) is 11.3 Å². The first-order valence-corrected chi connectivity index (χ1v) is 11.8. The summed E-state index contributed by atoms with van der Waals surface area (Å²) >= 11 is 0. The summed E-state index contributed by atoms with van der Waals surface area (Å²) in [6, 6.07) is 16.9. The number of anilines is 1. The first-order valence-electron chi connectivity index (χ1n) is 11.8. The van der Waals surface area contributed by atoms with Gasteiger partial charge in [0.05, 0.1) is 17.8 Å². The molecule has 1 aliphatic rings. The third-order valence-corrected chi connectivity index (χ3v) is 4.95. The molecular weight excluding hydrogens is 442 g/mol. The minimum atomic E-state index is -1.14. The van der Waals surface area contributed by atoms with E-state index in [4.69, 9.17) is 5.11 Å². The smallest absolute Gasteiger partial charge is 0.304 e. The average Bonchev–Trinajstić information content (AvgIpc) is 2.94. The van der Waals surface area contributed by atoms with Gasteiger partial charge in [-0.15, -0.1) is 6.58 Å². The molecule has 7 nitrogen and oxygen atoms in total. The Bertz CT molecular complexity index is 1020. The maximum Gasteiger partial charge on any atom is 0.304 e. The number of benzene rings is 2. The lowest BCUT2D eigenvalue weighted by molar-refractivity contribution is -0.141. The average molecular weight is 480 g/mol. The molecule has 1 unspecified atom stereocenters. The van der Waals surface area contributed by atoms with Crippen LogP contribution in [0.25, 0.3) is 0 Å². The molecule has 2 amide bonds. The number of aliphatic carboxylic acids is 1. The van der Waals surface area contributed by atoms with Crippen LogP contribution in [0.5, 0.6) is 0 Å². The Labute approximate surface area is 208 Å². The minimum Gasteiger partial charge on any atom is -0.481 e. The highest BCUT2D eigenvalue weighted by atomic mass is 16.4. The van der Waals surface area contributed by atoms with E-state index in [1.807, 2.05) is 61.5 Å². The van der Waals surface area contributed by atoms with E-state index in [9.17, 15) is 14.4 Å². The molecule has 0 fully saturated rings. The van der Waals surface area contributed by atoms with Gasteiger partial charge in [0.1, 0.15) is 0 Å². The number of carboxylic acids is 1. The lowest BCUT2D eigenvalue weighted by atomic mass is 10.0. The second-order valence-electron chi connectivity index (χ2n) is 7.99. The van der Waals surface area contributed by atoms with Gasteiger partial charge in [-0.3, -0.25) is 14.4 Å². The van der Waals surface area contributed by atoms with Crippen LogP contribution in [-0.4, -0.2) is 41.8 Å². The number of para-hydroxylation sites is 1. The molecule has 188 valence electrons. The van der Waals surface area contributed by atoms with Crippen LogP contribution in [0.1, 0.15) is 58.1 Å². The third-order valence-electron chi connectivity index (χ3n) is 4.95. The SMILES string of the molecule is C=CC.CCC.CC[C@H](CC(=O)O)C(=O)NC1N=C(c2ccccc2)c2ccccc2N(C)C1=O. The van der Waals surface area contributed by atoms with E-state index in [1.54, 1.807) is 20.0 Å². The Balaban J connectivity index is 0.000000926. The van der Waals surface area contributed by atoms with Gasteiger partial charge in [0, 0.05) is 24.1 Å². The monoisotopic (exact) mass is 479 g/mol. The van der Waals surface area contributed by atoms with Gasteiger partial charge in [-0.1, -0.05) is 81.8 Å². The second kappa shape index (κ2) is 15.2. The van der Waals surface area contributed by atoms with E-state index in [0.717, 1.165) is 11.1 Å². The summed E-state index contributed by atoms with van der Waals surface area (Å²) in [5.41, 5.74) is 2.88. The number of fused-ring (bicyclic) bond motifs is 1. The number of aliphatic imine (C=N–C) groups is 1. The molecule has 2 atom stereocenters. The molecule has 0 spiro atoms. The van der Waals surface area contributed by atoms with Crippen molar-refractivity contribution in [3.63, 3.8) is 0 Å². The maximum absolute atomic E-state index is 13.0. The van der Waals surface area contributed by atoms with Crippen LogP contribution in [-0.2, 0) is 14.4 Å². The number of nitrogens with one attached hydrogen (secondary N) is 1. The van der Waals surface area contributed by atoms with E-state index in [2.05, 4.69) is 30.7 Å². The number of allylic oxidation sites excluding steroid dienone is 1. The van der Waals surface area contributed by atoms with Crippen molar-refractivity contribution in [2.24, 2.45) is 10.9 Å². The molecule has 3 rings (SSSR count). The van der Waals surface area contributed by atoms with Gasteiger partial charge in [0.15, 0.2) is 0 Å². The Hall–Kier alpha value is -3.74. The maximum atomic E-state index is 13.0. The fourth-order valence-corrected chi connectivity index (χ4v) is 3.33. The van der Waals surface area contributed by atoms with Crippen LogP contribution in [0.3, 0.4) is 0 Å². The zero-order valence-corrected chi connectivity index (χ0v) is 21.3. The summed E-state index contributed by atoms with van der Waals surface area (Å²) in [5, 5.41) is 11.7. The van der Waals surface area contributed by atoms with Crippen molar-refractivity contribution in [3.8, 4) is 0 Å². The summed E-state index contributed by atoms with van der Waals surface area (Å²) in [6.45, 7) is 11.2. The summed E-state index contributed by atoms with van der Waals surface area (Å²) in [4.78, 5) is 42.8. The van der Waals surface area contributed by atoms with Crippen molar-refractivity contribution in [2.75, 3.05) is 11.9 Å². The van der Waals surface area contributed by atoms with Crippen LogP contribution in [0, 0.1) is 5.92 Å². The number of rotatable bonds is 6. The minimum absolute atomic E-state index is 0.297. The summed E-state index contributed by atoms with van der Waals surface area (Å²) in [6.07, 6.45) is 1.91. The quantitative estimate of drug-likeness (QED) is 0.566. The van der Waals surface area contributed by atoms with Crippen LogP contribution in [0.4, 0.5) is 5.69 Å². The molecule has 35 heavy (non-hydrogen) atoms. The van der Waals surface area contributed by atoms with Crippen molar-refractivity contribution < 1.29 is 19.5 Å². The lowest BCUT2D eigenvalue weighted by Crippen LogP contribution is -2.48. The van der Waals surface area contributed by atoms with Crippen LogP contribution in [0.2, 0.25) is 0 Å². The van der Waals surface area contributed by atoms with E-state index >= 15 is 0 Å². The normalized spacial score (nSPS) is 15.0. The standard InChI is InChI=1S/C22H23N3O4.C3H8.C3H6/c1-3-14(13-18(26)27)21(28)24-20-22(29)25(2)17-12-8-7-11-16(17)19(23-20)15-9-5-4-6-10-15;2*1-3-2/h4-12,14,20H,3,13H2,1-2H3,(H,24,28)(H,26,27);3H2,1-2H3;3H,1H2,2H3/t14-,20?;;/m1../s1. The molecule has 0 aliphatic carbocycles. The Morgan fingerprint density at radius 3 is 2.20 bits per heavy atom. The molecule has 2 aromatic rings. The molecule has 7 heteroatoms. The molecule has 2 N–H and O–H groups in total. The van der Waals surface area contributed by atoms with Gasteiger partial charge in [-0.2, -0.15) is 0 Å². The molecule has 1 aliphatic heterocycles. The lowest BCUT2D eigenvalue weighted by Gasteiger charge is -2.22. The van der Waals surface area contributed by atoms with Gasteiger partial charge < -0.3 is 15.3 Å². The molecule has 0 saturated heterocycles. The summed E-state index contributed by atoms with van der Waals surface area (Å²) < 4.78 is 0. The van der Waals surface area contributed by atoms with Crippen molar-refractivity contribution in [2.45, 2.75) is 53.1 Å². The van der Waals surface area contributed by atoms with E-state index < -0.39 is 24.0 Å². The number of carboxylic acid groups (broad SMARTS) is 1. The van der Waals surface area contributed by atoms with Gasteiger partial charge in [-0.25, -0.2) is 4.99 Å². The van der Waals surface area contributed by atoms with Crippen molar-refractivity contribution >= 4 is 29.2 Å². The van der Waals surface area contributed by atoms with E-state index in [-0.39, 0.29) is 12.3 Å². The van der Waals surface area contributed by atoms with Gasteiger partial charge in [-0.05, 0) is 19.4 Å². The predicted octanol–water partition coefficient (Wildman–Crippen LogP) is 5.05. The Morgan fingerprint density at radius 2 is 1.66 bits per heavy atom. The Kier molecular flexibility index (Phi) is 12.7. The number of hydrogen-bond donors (Lipinski definition) is 2. The first kappa shape index (κ1) is 29.3. The van der Waals surface area contributed by atoms with Crippen molar-refractivity contribution in [1.82, 2.24) is 5.32 Å². The molecule has 0 saturated carbocycles. The number of carbonyl (C=O) groups is 3. The fourth-order valence-electron chi connectivity index (χ4n) is 3.33. The number of likely N-dealkylation sites (N-methyl/N-ethyl adjacent to an activating group) is 1. The number of benzodiazepines with no additional fused rings is 1. The van der Waals surface area contributed by atoms with Crippen LogP contribution >= 0.6 is 0 Å². The fraction of sp³-hybridized carbons (Fsp3) is 0.357. The van der Waals surface area contributed by atoms with Gasteiger partial charge >= 0.3 is 5.97 Å². The molecule has 0 bridgehead atoms. The zero-order chi connectivity index (χ0) is 26.4. The van der Waals surface area contributed by atoms with Crippen LogP contribution < -0.4 is 10.2 Å². The number of amides is 2. The highest BCUT2D eigenvalue weighted by Crippen LogP contribution is 2.27. The molecule has 1 heterocycles. The van der Waals surface area contributed by atoms with E-state index in [0.29, 0.717) is 17.8 Å². The zero-order valence-electron chi connectivity index (χ0n) is 21.3. The second-order valence-corrected chi connectivity index (χ2v) is 7.99. The third kappa shape index (κ3) is 8.52. The molecule has 0 aromatic heterocycles. The topological polar surface area (TPSA) is 99.1 Å². The number of carbonyl (C=O) groups excluding carboxylic acids is 2. The highest BCUT2D eigenvalue weighted by Gasteiger charge is 2.32. The van der Waals surface area contributed by atoms with Gasteiger partial charge in [0.2, 0.25) is 12.1 Å². The number of hydrogen-bond acceptors (Lipinski definition) is 4. The number of nitrogens with zero attached hydrogens (tertiary/aromatic N) is 2. The highest BCUT2D eigenvalue weighted by molar-refractivity contribution is 6.20. The molecule has 0 radical (unpaired) electrons. The largest absolute Gasteiger partial charge is 0.481 e. The first-order chi connectivity index (χ1) is 16.7. The van der Waals surface area contributed by atoms with Gasteiger partial charge in [0.25, 0.3) is 5.91 Å². The van der Waals surface area contributed by atoms with Crippen LogP contribution in [0.15, 0.2) is 72.2 Å². The Morgan fingerprint density at radius 1 is 1.11 bits per heavy atom. The molecule has 2 aromatic carbocycles. The molecular formula is C28H37N3O4. The summed E-state index contributed by atoms with van der Waals surface area (Å²) in [5.74, 6) is -2.67. The van der Waals surface area contributed by atoms with Crippen molar-refractivity contribution in [3.05, 3.63) is 78.4 Å². The summed E-state index contributed by atoms with van der Waals surface area (Å²) in [7, 11) is 1.64. The van der Waals surface area contributed by atoms with Crippen molar-refractivity contribution in [1.29, 1.82) is 0 Å². The predicted molar refractivity (Wildman–Crippen MR) is 142 cm³/mol.